The number of carboxylic acid groups (broad SMARTS) is 1. The van der Waals surface area contributed by atoms with E-state index in [0.29, 0.717) is 18.9 Å². The molecule has 0 unspecified atom stereocenters. The van der Waals surface area contributed by atoms with Crippen LogP contribution in [-0.4, -0.2) is 30.2 Å². The summed E-state index contributed by atoms with van der Waals surface area (Å²) in [5.41, 5.74) is 1.36. The highest BCUT2D eigenvalue weighted by molar-refractivity contribution is 6.02. The Morgan fingerprint density at radius 1 is 1.26 bits per heavy atom. The van der Waals surface area contributed by atoms with Crippen LogP contribution in [0.4, 0.5) is 5.69 Å². The molecule has 0 aliphatic carbocycles. The number of carbonyl (C=O) groups is 2. The van der Waals surface area contributed by atoms with Crippen molar-refractivity contribution in [3.8, 4) is 0 Å². The molecule has 1 aromatic rings. The molecule has 19 heavy (non-hydrogen) atoms. The molecule has 1 aliphatic heterocycles. The molecule has 1 amide bonds. The first kappa shape index (κ1) is 13.3. The van der Waals surface area contributed by atoms with Crippen molar-refractivity contribution >= 4 is 17.6 Å². The van der Waals surface area contributed by atoms with Crippen LogP contribution in [0, 0.1) is 0 Å². The van der Waals surface area contributed by atoms with Crippen molar-refractivity contribution in [2.24, 2.45) is 0 Å². The van der Waals surface area contributed by atoms with E-state index in [9.17, 15) is 9.59 Å². The number of hydrogen-bond donors (Lipinski definition) is 2. The molecule has 100 valence electrons. The van der Waals surface area contributed by atoms with Crippen LogP contribution in [0.1, 0.15) is 11.9 Å². The first-order valence-corrected chi connectivity index (χ1v) is 5.70. The summed E-state index contributed by atoms with van der Waals surface area (Å²) in [7, 11) is 0. The van der Waals surface area contributed by atoms with Gasteiger partial charge in [0.2, 0.25) is 5.91 Å². The van der Waals surface area contributed by atoms with Crippen molar-refractivity contribution in [1.82, 2.24) is 0 Å². The number of benzene rings is 1. The number of aliphatic carboxylic acids is 1. The third-order valence-electron chi connectivity index (χ3n) is 2.43. The van der Waals surface area contributed by atoms with Gasteiger partial charge in [-0.3, -0.25) is 4.79 Å². The van der Waals surface area contributed by atoms with Gasteiger partial charge in [0, 0.05) is 23.4 Å². The van der Waals surface area contributed by atoms with Gasteiger partial charge in [0.05, 0.1) is 13.2 Å². The van der Waals surface area contributed by atoms with E-state index in [1.54, 1.807) is 18.2 Å². The molecule has 6 heteroatoms. The van der Waals surface area contributed by atoms with Crippen molar-refractivity contribution in [2.75, 3.05) is 18.5 Å². The molecule has 1 aliphatic rings. The Balaban J connectivity index is 2.02. The number of anilines is 1. The molecule has 0 atom stereocenters. The summed E-state index contributed by atoms with van der Waals surface area (Å²) in [4.78, 5) is 21.7. The maximum Gasteiger partial charge on any atom is 0.328 e. The lowest BCUT2D eigenvalue weighted by Gasteiger charge is -2.10. The number of carbonyl (C=O) groups excluding carboxylic acids is 1. The molecule has 1 heterocycles. The summed E-state index contributed by atoms with van der Waals surface area (Å²) < 4.78 is 10.7. The predicted molar refractivity (Wildman–Crippen MR) is 66.5 cm³/mol. The molecular weight excluding hydrogens is 250 g/mol. The Morgan fingerprint density at radius 2 is 2.00 bits per heavy atom. The third-order valence-corrected chi connectivity index (χ3v) is 2.43. The van der Waals surface area contributed by atoms with E-state index in [-0.39, 0.29) is 0 Å². The van der Waals surface area contributed by atoms with Gasteiger partial charge in [-0.1, -0.05) is 12.1 Å². The van der Waals surface area contributed by atoms with Crippen LogP contribution in [0.25, 0.3) is 0 Å². The highest BCUT2D eigenvalue weighted by atomic mass is 16.7. The van der Waals surface area contributed by atoms with Crippen molar-refractivity contribution in [3.05, 3.63) is 42.0 Å². The fourth-order valence-electron chi connectivity index (χ4n) is 1.64. The number of carboxylic acids is 1. The molecule has 1 fully saturated rings. The number of rotatable bonds is 4. The topological polar surface area (TPSA) is 84.9 Å². The smallest absolute Gasteiger partial charge is 0.328 e. The van der Waals surface area contributed by atoms with Gasteiger partial charge in [-0.05, 0) is 12.1 Å². The van der Waals surface area contributed by atoms with Crippen molar-refractivity contribution in [3.63, 3.8) is 0 Å². The molecular formula is C13H13NO5. The monoisotopic (exact) mass is 263 g/mol. The van der Waals surface area contributed by atoms with Crippen molar-refractivity contribution in [1.29, 1.82) is 0 Å². The lowest BCUT2D eigenvalue weighted by Crippen LogP contribution is -2.09. The molecule has 1 saturated heterocycles. The van der Waals surface area contributed by atoms with Crippen LogP contribution in [0.15, 0.2) is 36.4 Å². The molecule has 0 radical (unpaired) electrons. The molecule has 0 saturated carbocycles. The van der Waals surface area contributed by atoms with Gasteiger partial charge in [0.1, 0.15) is 0 Å². The van der Waals surface area contributed by atoms with Gasteiger partial charge in [-0.15, -0.1) is 0 Å². The summed E-state index contributed by atoms with van der Waals surface area (Å²) in [6.07, 6.45) is 1.33. The van der Waals surface area contributed by atoms with E-state index >= 15 is 0 Å². The van der Waals surface area contributed by atoms with E-state index < -0.39 is 18.2 Å². The number of hydrogen-bond acceptors (Lipinski definition) is 4. The molecule has 0 aromatic heterocycles. The zero-order valence-electron chi connectivity index (χ0n) is 10.0. The normalized spacial score (nSPS) is 15.8. The van der Waals surface area contributed by atoms with Crippen LogP contribution >= 0.6 is 0 Å². The van der Waals surface area contributed by atoms with E-state index in [1.807, 2.05) is 6.07 Å². The summed E-state index contributed by atoms with van der Waals surface area (Å²) in [6.45, 7) is 1.09. The van der Waals surface area contributed by atoms with E-state index in [2.05, 4.69) is 5.32 Å². The average Bonchev–Trinajstić information content (AvgIpc) is 2.90. The Labute approximate surface area is 109 Å². The SMILES string of the molecule is O=C(O)/C=C/C(=O)Nc1cccc(C2OCCO2)c1. The maximum absolute atomic E-state index is 11.4. The highest BCUT2D eigenvalue weighted by Crippen LogP contribution is 2.25. The van der Waals surface area contributed by atoms with Gasteiger partial charge >= 0.3 is 5.97 Å². The van der Waals surface area contributed by atoms with Crippen LogP contribution in [0.3, 0.4) is 0 Å². The Bertz CT molecular complexity index is 506. The standard InChI is InChI=1S/C13H13NO5/c15-11(4-5-12(16)17)14-10-3-1-2-9(8-10)13-18-6-7-19-13/h1-5,8,13H,6-7H2,(H,14,15)(H,16,17)/b5-4+. The fraction of sp³-hybridized carbons (Fsp3) is 0.231. The summed E-state index contributed by atoms with van der Waals surface area (Å²) in [5, 5.41) is 11.0. The van der Waals surface area contributed by atoms with Gasteiger partial charge in [-0.2, -0.15) is 0 Å². The maximum atomic E-state index is 11.4. The summed E-state index contributed by atoms with van der Waals surface area (Å²) >= 11 is 0. The van der Waals surface area contributed by atoms with Crippen LogP contribution in [0.2, 0.25) is 0 Å². The molecule has 2 N–H and O–H groups in total. The first-order valence-electron chi connectivity index (χ1n) is 5.70. The molecule has 1 aromatic carbocycles. The van der Waals surface area contributed by atoms with E-state index in [1.165, 1.54) is 0 Å². The van der Waals surface area contributed by atoms with E-state index in [4.69, 9.17) is 14.6 Å². The van der Waals surface area contributed by atoms with Crippen LogP contribution in [-0.2, 0) is 19.1 Å². The molecule has 6 nitrogen and oxygen atoms in total. The number of ether oxygens (including phenoxy) is 2. The van der Waals surface area contributed by atoms with Gasteiger partial charge in [0.25, 0.3) is 0 Å². The Hall–Kier alpha value is -2.18. The average molecular weight is 263 g/mol. The van der Waals surface area contributed by atoms with Crippen molar-refractivity contribution in [2.45, 2.75) is 6.29 Å². The zero-order valence-corrected chi connectivity index (χ0v) is 10.0. The first-order chi connectivity index (χ1) is 9.15. The molecule has 0 bridgehead atoms. The molecule has 0 spiro atoms. The second kappa shape index (κ2) is 6.12. The quantitative estimate of drug-likeness (QED) is 0.800. The number of nitrogens with one attached hydrogen (secondary N) is 1. The minimum Gasteiger partial charge on any atom is -0.478 e. The molecule has 2 rings (SSSR count). The minimum absolute atomic E-state index is 0.411. The second-order valence-corrected chi connectivity index (χ2v) is 3.86. The van der Waals surface area contributed by atoms with Crippen molar-refractivity contribution < 1.29 is 24.2 Å². The van der Waals surface area contributed by atoms with Gasteiger partial charge < -0.3 is 19.9 Å². The number of amides is 1. The minimum atomic E-state index is -1.17. The van der Waals surface area contributed by atoms with Gasteiger partial charge in [-0.25, -0.2) is 4.79 Å². The highest BCUT2D eigenvalue weighted by Gasteiger charge is 2.18. The Morgan fingerprint density at radius 3 is 2.68 bits per heavy atom. The summed E-state index contributed by atoms with van der Waals surface area (Å²) in [5.74, 6) is -1.68. The lowest BCUT2D eigenvalue weighted by atomic mass is 10.2. The second-order valence-electron chi connectivity index (χ2n) is 3.86. The lowest BCUT2D eigenvalue weighted by molar-refractivity contribution is -0.131. The van der Waals surface area contributed by atoms with E-state index in [0.717, 1.165) is 17.7 Å². The van der Waals surface area contributed by atoms with Crippen LogP contribution in [0.5, 0.6) is 0 Å². The Kier molecular flexibility index (Phi) is 4.27. The largest absolute Gasteiger partial charge is 0.478 e. The van der Waals surface area contributed by atoms with Gasteiger partial charge in [0.15, 0.2) is 6.29 Å². The zero-order chi connectivity index (χ0) is 13.7. The third kappa shape index (κ3) is 3.90. The van der Waals surface area contributed by atoms with Crippen LogP contribution < -0.4 is 5.32 Å². The fourth-order valence-corrected chi connectivity index (χ4v) is 1.64. The predicted octanol–water partition coefficient (Wildman–Crippen LogP) is 1.31. The summed E-state index contributed by atoms with van der Waals surface area (Å²) in [6, 6.07) is 7.02.